The van der Waals surface area contributed by atoms with Gasteiger partial charge < -0.3 is 9.64 Å². The number of Topliss-reactive ketones (excluding diaryl/α,β-unsaturated/α-hetero) is 1. The van der Waals surface area contributed by atoms with E-state index in [1.54, 1.807) is 0 Å². The molecule has 0 saturated heterocycles. The van der Waals surface area contributed by atoms with Gasteiger partial charge in [0.25, 0.3) is 5.78 Å². The minimum absolute atomic E-state index is 0.256. The number of carbonyl (C=O) groups is 1. The van der Waals surface area contributed by atoms with Crippen LogP contribution in [-0.2, 0) is 0 Å². The first-order chi connectivity index (χ1) is 8.30. The van der Waals surface area contributed by atoms with Crippen molar-refractivity contribution in [2.24, 2.45) is 0 Å². The van der Waals surface area contributed by atoms with Crippen molar-refractivity contribution in [3.05, 3.63) is 29.8 Å². The fourth-order valence-corrected chi connectivity index (χ4v) is 1.24. The Balaban J connectivity index is 2.71. The second-order valence-electron chi connectivity index (χ2n) is 4.01. The van der Waals surface area contributed by atoms with Gasteiger partial charge >= 0.3 is 6.18 Å². The van der Waals surface area contributed by atoms with Crippen molar-refractivity contribution < 1.29 is 22.7 Å². The summed E-state index contributed by atoms with van der Waals surface area (Å²) in [6, 6.07) is 5.10. The Kier molecular flexibility index (Phi) is 4.72. The van der Waals surface area contributed by atoms with Crippen molar-refractivity contribution in [1.82, 2.24) is 4.90 Å². The lowest BCUT2D eigenvalue weighted by molar-refractivity contribution is -0.0885. The number of halogens is 3. The molecular formula is C12H14F3NO2. The molecule has 0 aliphatic rings. The van der Waals surface area contributed by atoms with Gasteiger partial charge in [0.1, 0.15) is 12.4 Å². The summed E-state index contributed by atoms with van der Waals surface area (Å²) in [5.41, 5.74) is -0.412. The van der Waals surface area contributed by atoms with E-state index in [4.69, 9.17) is 4.74 Å². The van der Waals surface area contributed by atoms with Crippen molar-refractivity contribution in [3.63, 3.8) is 0 Å². The number of nitrogens with zero attached hydrogens (tertiary/aromatic N) is 1. The summed E-state index contributed by atoms with van der Waals surface area (Å²) >= 11 is 0. The van der Waals surface area contributed by atoms with Gasteiger partial charge in [-0.25, -0.2) is 0 Å². The molecule has 0 radical (unpaired) electrons. The fourth-order valence-electron chi connectivity index (χ4n) is 1.24. The van der Waals surface area contributed by atoms with Crippen LogP contribution in [0.1, 0.15) is 10.4 Å². The molecule has 0 unspecified atom stereocenters. The largest absolute Gasteiger partial charge is 0.492 e. The van der Waals surface area contributed by atoms with Crippen LogP contribution in [0.3, 0.4) is 0 Å². The van der Waals surface area contributed by atoms with Crippen LogP contribution in [0.2, 0.25) is 0 Å². The van der Waals surface area contributed by atoms with E-state index in [0.29, 0.717) is 13.2 Å². The molecule has 0 bridgehead atoms. The summed E-state index contributed by atoms with van der Waals surface area (Å²) in [4.78, 5) is 12.9. The average molecular weight is 261 g/mol. The zero-order valence-corrected chi connectivity index (χ0v) is 10.1. The van der Waals surface area contributed by atoms with E-state index in [2.05, 4.69) is 0 Å². The van der Waals surface area contributed by atoms with Crippen LogP contribution in [0, 0.1) is 0 Å². The minimum Gasteiger partial charge on any atom is -0.492 e. The quantitative estimate of drug-likeness (QED) is 0.762. The molecule has 0 atom stereocenters. The predicted molar refractivity (Wildman–Crippen MR) is 60.9 cm³/mol. The van der Waals surface area contributed by atoms with Crippen molar-refractivity contribution in [1.29, 1.82) is 0 Å². The number of rotatable bonds is 5. The number of alkyl halides is 3. The standard InChI is InChI=1S/C12H14F3NO2/c1-16(2)6-7-18-10-5-3-4-9(8-10)11(17)12(13,14)15/h3-5,8H,6-7H2,1-2H3. The summed E-state index contributed by atoms with van der Waals surface area (Å²) in [7, 11) is 3.71. The molecule has 6 heteroatoms. The number of hydrogen-bond donors (Lipinski definition) is 0. The van der Waals surface area contributed by atoms with Crippen LogP contribution in [0.25, 0.3) is 0 Å². The number of benzene rings is 1. The number of ether oxygens (including phenoxy) is 1. The molecule has 1 rings (SSSR count). The SMILES string of the molecule is CN(C)CCOc1cccc(C(=O)C(F)(F)F)c1. The first kappa shape index (κ1) is 14.5. The maximum atomic E-state index is 12.2. The molecule has 100 valence electrons. The Morgan fingerprint density at radius 3 is 2.56 bits per heavy atom. The van der Waals surface area contributed by atoms with Gasteiger partial charge in [0.15, 0.2) is 0 Å². The molecule has 0 heterocycles. The monoisotopic (exact) mass is 261 g/mol. The number of hydrogen-bond acceptors (Lipinski definition) is 3. The third-order valence-electron chi connectivity index (χ3n) is 2.16. The summed E-state index contributed by atoms with van der Waals surface area (Å²) in [6.07, 6.45) is -4.86. The zero-order valence-electron chi connectivity index (χ0n) is 10.1. The average Bonchev–Trinajstić information content (AvgIpc) is 2.26. The maximum absolute atomic E-state index is 12.2. The molecule has 0 N–H and O–H groups in total. The number of ketones is 1. The predicted octanol–water partition coefficient (Wildman–Crippen LogP) is 2.37. The molecule has 0 spiro atoms. The Morgan fingerprint density at radius 2 is 2.00 bits per heavy atom. The molecule has 0 fully saturated rings. The lowest BCUT2D eigenvalue weighted by atomic mass is 10.1. The number of likely N-dealkylation sites (N-methyl/N-ethyl adjacent to an activating group) is 1. The maximum Gasteiger partial charge on any atom is 0.454 e. The van der Waals surface area contributed by atoms with Crippen LogP contribution in [0.15, 0.2) is 24.3 Å². The normalized spacial score (nSPS) is 11.7. The van der Waals surface area contributed by atoms with Gasteiger partial charge in [-0.1, -0.05) is 12.1 Å². The van der Waals surface area contributed by atoms with E-state index >= 15 is 0 Å². The van der Waals surface area contributed by atoms with E-state index in [9.17, 15) is 18.0 Å². The molecule has 0 aliphatic heterocycles. The van der Waals surface area contributed by atoms with E-state index in [1.165, 1.54) is 12.1 Å². The third-order valence-corrected chi connectivity index (χ3v) is 2.16. The van der Waals surface area contributed by atoms with Gasteiger partial charge in [-0.2, -0.15) is 13.2 Å². The lowest BCUT2D eigenvalue weighted by Crippen LogP contribution is -2.23. The molecule has 1 aromatic carbocycles. The lowest BCUT2D eigenvalue weighted by Gasteiger charge is -2.12. The molecule has 0 aromatic heterocycles. The van der Waals surface area contributed by atoms with Crippen LogP contribution in [0.5, 0.6) is 5.75 Å². The highest BCUT2D eigenvalue weighted by atomic mass is 19.4. The smallest absolute Gasteiger partial charge is 0.454 e. The van der Waals surface area contributed by atoms with Gasteiger partial charge in [0, 0.05) is 12.1 Å². The summed E-state index contributed by atoms with van der Waals surface area (Å²) < 4.78 is 41.9. The topological polar surface area (TPSA) is 29.5 Å². The molecule has 18 heavy (non-hydrogen) atoms. The van der Waals surface area contributed by atoms with Gasteiger partial charge in [-0.05, 0) is 26.2 Å². The summed E-state index contributed by atoms with van der Waals surface area (Å²) in [5, 5.41) is 0. The third kappa shape index (κ3) is 4.37. The van der Waals surface area contributed by atoms with Gasteiger partial charge in [0.05, 0.1) is 0 Å². The van der Waals surface area contributed by atoms with Crippen LogP contribution >= 0.6 is 0 Å². The molecular weight excluding hydrogens is 247 g/mol. The van der Waals surface area contributed by atoms with Crippen molar-refractivity contribution in [3.8, 4) is 5.75 Å². The van der Waals surface area contributed by atoms with Crippen molar-refractivity contribution in [2.75, 3.05) is 27.2 Å². The van der Waals surface area contributed by atoms with Gasteiger partial charge in [-0.15, -0.1) is 0 Å². The van der Waals surface area contributed by atoms with Crippen LogP contribution in [-0.4, -0.2) is 44.1 Å². The highest BCUT2D eigenvalue weighted by Gasteiger charge is 2.39. The first-order valence-corrected chi connectivity index (χ1v) is 5.30. The highest BCUT2D eigenvalue weighted by molar-refractivity contribution is 6.00. The Labute approximate surface area is 103 Å². The Hall–Kier alpha value is -1.56. The fraction of sp³-hybridized carbons (Fsp3) is 0.417. The van der Waals surface area contributed by atoms with E-state index < -0.39 is 17.5 Å². The van der Waals surface area contributed by atoms with Gasteiger partial charge in [0.2, 0.25) is 0 Å². The summed E-state index contributed by atoms with van der Waals surface area (Å²) in [6.45, 7) is 0.980. The molecule has 0 saturated carbocycles. The molecule has 0 aliphatic carbocycles. The second-order valence-corrected chi connectivity index (χ2v) is 4.01. The highest BCUT2D eigenvalue weighted by Crippen LogP contribution is 2.23. The van der Waals surface area contributed by atoms with Gasteiger partial charge in [-0.3, -0.25) is 4.79 Å². The van der Waals surface area contributed by atoms with E-state index in [-0.39, 0.29) is 5.75 Å². The molecule has 0 amide bonds. The Morgan fingerprint density at radius 1 is 1.33 bits per heavy atom. The number of carbonyl (C=O) groups excluding carboxylic acids is 1. The first-order valence-electron chi connectivity index (χ1n) is 5.30. The van der Waals surface area contributed by atoms with E-state index in [1.807, 2.05) is 19.0 Å². The second kappa shape index (κ2) is 5.86. The van der Waals surface area contributed by atoms with Crippen LogP contribution < -0.4 is 4.74 Å². The van der Waals surface area contributed by atoms with Crippen LogP contribution in [0.4, 0.5) is 13.2 Å². The van der Waals surface area contributed by atoms with Crippen molar-refractivity contribution >= 4 is 5.78 Å². The summed E-state index contributed by atoms with van der Waals surface area (Å²) in [5.74, 6) is -1.60. The van der Waals surface area contributed by atoms with Crippen molar-refractivity contribution in [2.45, 2.75) is 6.18 Å². The Bertz CT molecular complexity index is 416. The van der Waals surface area contributed by atoms with E-state index in [0.717, 1.165) is 12.1 Å². The molecule has 3 nitrogen and oxygen atoms in total. The minimum atomic E-state index is -4.86. The molecule has 1 aromatic rings. The zero-order chi connectivity index (χ0) is 13.8.